The lowest BCUT2D eigenvalue weighted by atomic mass is 10.2. The van der Waals surface area contributed by atoms with Crippen LogP contribution in [-0.2, 0) is 0 Å². The molecule has 0 unspecified atom stereocenters. The molecule has 0 heterocycles. The van der Waals surface area contributed by atoms with Gasteiger partial charge in [-0.3, -0.25) is 0 Å². The second kappa shape index (κ2) is 4.76. The van der Waals surface area contributed by atoms with E-state index in [1.807, 2.05) is 24.3 Å². The first-order valence-electron chi connectivity index (χ1n) is 3.98. The standard InChI is InChI=1S/C9H11BrN4/c1-6(11)13-14-9(12)7-2-4-8(10)5-3-7/h2-5H,1H3,(H2,11,13)(H2,12,14). The molecule has 0 radical (unpaired) electrons. The fraction of sp³-hybridized carbons (Fsp3) is 0.111. The summed E-state index contributed by atoms with van der Waals surface area (Å²) in [6.07, 6.45) is 0. The van der Waals surface area contributed by atoms with Crippen molar-refractivity contribution in [1.29, 1.82) is 0 Å². The lowest BCUT2D eigenvalue weighted by Crippen LogP contribution is -2.13. The second-order valence-corrected chi connectivity index (χ2v) is 3.65. The Labute approximate surface area is 90.8 Å². The molecule has 0 aliphatic heterocycles. The maximum absolute atomic E-state index is 5.67. The molecule has 0 spiro atoms. The molecule has 0 fully saturated rings. The summed E-state index contributed by atoms with van der Waals surface area (Å²) in [6.45, 7) is 1.65. The quantitative estimate of drug-likeness (QED) is 0.476. The van der Waals surface area contributed by atoms with E-state index < -0.39 is 0 Å². The van der Waals surface area contributed by atoms with Gasteiger partial charge in [-0.1, -0.05) is 28.1 Å². The number of nitrogens with zero attached hydrogens (tertiary/aromatic N) is 2. The van der Waals surface area contributed by atoms with Crippen LogP contribution in [0.4, 0.5) is 0 Å². The van der Waals surface area contributed by atoms with Crippen molar-refractivity contribution in [3.05, 3.63) is 34.3 Å². The number of halogens is 1. The predicted molar refractivity (Wildman–Crippen MR) is 62.2 cm³/mol. The van der Waals surface area contributed by atoms with Crippen LogP contribution in [0.2, 0.25) is 0 Å². The average Bonchev–Trinajstić information content (AvgIpc) is 2.15. The molecule has 0 amide bonds. The Balaban J connectivity index is 2.89. The molecule has 4 N–H and O–H groups in total. The third-order valence-corrected chi connectivity index (χ3v) is 1.98. The first-order valence-corrected chi connectivity index (χ1v) is 4.78. The number of hydrogen-bond donors (Lipinski definition) is 2. The van der Waals surface area contributed by atoms with Crippen LogP contribution >= 0.6 is 15.9 Å². The molecule has 0 bridgehead atoms. The average molecular weight is 255 g/mol. The Bertz CT molecular complexity index is 363. The van der Waals surface area contributed by atoms with Gasteiger partial charge in [0.25, 0.3) is 0 Å². The summed E-state index contributed by atoms with van der Waals surface area (Å²) in [5.41, 5.74) is 11.8. The minimum Gasteiger partial charge on any atom is -0.386 e. The molecule has 4 nitrogen and oxygen atoms in total. The zero-order chi connectivity index (χ0) is 10.6. The van der Waals surface area contributed by atoms with Crippen molar-refractivity contribution in [2.24, 2.45) is 21.7 Å². The topological polar surface area (TPSA) is 76.8 Å². The Morgan fingerprint density at radius 1 is 1.14 bits per heavy atom. The van der Waals surface area contributed by atoms with Crippen LogP contribution in [0, 0.1) is 0 Å². The summed E-state index contributed by atoms with van der Waals surface area (Å²) in [7, 11) is 0. The first kappa shape index (κ1) is 10.7. The van der Waals surface area contributed by atoms with E-state index in [0.29, 0.717) is 11.7 Å². The molecular formula is C9H11BrN4. The highest BCUT2D eigenvalue weighted by atomic mass is 79.9. The molecule has 14 heavy (non-hydrogen) atoms. The van der Waals surface area contributed by atoms with Gasteiger partial charge in [-0.05, 0) is 19.1 Å². The van der Waals surface area contributed by atoms with Crippen LogP contribution < -0.4 is 11.5 Å². The molecule has 0 saturated heterocycles. The van der Waals surface area contributed by atoms with Crippen molar-refractivity contribution < 1.29 is 0 Å². The van der Waals surface area contributed by atoms with Gasteiger partial charge in [-0.2, -0.15) is 0 Å². The molecule has 0 saturated carbocycles. The maximum Gasteiger partial charge on any atom is 0.153 e. The number of amidine groups is 2. The number of benzene rings is 1. The zero-order valence-corrected chi connectivity index (χ0v) is 9.32. The van der Waals surface area contributed by atoms with Crippen LogP contribution in [0.3, 0.4) is 0 Å². The molecule has 0 aliphatic rings. The minimum absolute atomic E-state index is 0.349. The highest BCUT2D eigenvalue weighted by Crippen LogP contribution is 2.10. The molecule has 0 aliphatic carbocycles. The third kappa shape index (κ3) is 3.18. The highest BCUT2D eigenvalue weighted by molar-refractivity contribution is 9.10. The van der Waals surface area contributed by atoms with Gasteiger partial charge in [-0.25, -0.2) is 0 Å². The molecule has 1 aromatic carbocycles. The van der Waals surface area contributed by atoms with E-state index in [0.717, 1.165) is 10.0 Å². The Morgan fingerprint density at radius 3 is 2.21 bits per heavy atom. The van der Waals surface area contributed by atoms with Gasteiger partial charge in [-0.15, -0.1) is 10.2 Å². The van der Waals surface area contributed by atoms with E-state index in [-0.39, 0.29) is 0 Å². The van der Waals surface area contributed by atoms with Gasteiger partial charge in [0.15, 0.2) is 5.84 Å². The Morgan fingerprint density at radius 2 is 1.71 bits per heavy atom. The fourth-order valence-corrected chi connectivity index (χ4v) is 1.08. The number of rotatable bonds is 2. The molecular weight excluding hydrogens is 244 g/mol. The highest BCUT2D eigenvalue weighted by Gasteiger charge is 1.96. The molecule has 5 heteroatoms. The van der Waals surface area contributed by atoms with E-state index in [9.17, 15) is 0 Å². The van der Waals surface area contributed by atoms with Crippen molar-refractivity contribution in [2.75, 3.05) is 0 Å². The van der Waals surface area contributed by atoms with Crippen molar-refractivity contribution in [2.45, 2.75) is 6.92 Å². The van der Waals surface area contributed by atoms with Crippen LogP contribution in [-0.4, -0.2) is 11.7 Å². The summed E-state index contributed by atoms with van der Waals surface area (Å²) in [4.78, 5) is 0. The van der Waals surface area contributed by atoms with Gasteiger partial charge in [0.2, 0.25) is 0 Å². The van der Waals surface area contributed by atoms with Gasteiger partial charge >= 0.3 is 0 Å². The van der Waals surface area contributed by atoms with E-state index in [1.165, 1.54) is 0 Å². The van der Waals surface area contributed by atoms with Crippen molar-refractivity contribution in [3.8, 4) is 0 Å². The lowest BCUT2D eigenvalue weighted by molar-refractivity contribution is 1.20. The van der Waals surface area contributed by atoms with Gasteiger partial charge < -0.3 is 11.5 Å². The van der Waals surface area contributed by atoms with Crippen LogP contribution in [0.15, 0.2) is 38.9 Å². The van der Waals surface area contributed by atoms with Gasteiger partial charge in [0.05, 0.1) is 0 Å². The van der Waals surface area contributed by atoms with Gasteiger partial charge in [0.1, 0.15) is 5.84 Å². The van der Waals surface area contributed by atoms with E-state index in [1.54, 1.807) is 6.92 Å². The first-order chi connectivity index (χ1) is 6.59. The largest absolute Gasteiger partial charge is 0.386 e. The van der Waals surface area contributed by atoms with Crippen LogP contribution in [0.25, 0.3) is 0 Å². The second-order valence-electron chi connectivity index (χ2n) is 2.73. The Kier molecular flexibility index (Phi) is 3.64. The van der Waals surface area contributed by atoms with E-state index in [4.69, 9.17) is 11.5 Å². The van der Waals surface area contributed by atoms with Crippen LogP contribution in [0.1, 0.15) is 12.5 Å². The lowest BCUT2D eigenvalue weighted by Gasteiger charge is -1.98. The minimum atomic E-state index is 0.349. The third-order valence-electron chi connectivity index (χ3n) is 1.46. The van der Waals surface area contributed by atoms with E-state index >= 15 is 0 Å². The fourth-order valence-electron chi connectivity index (χ4n) is 0.811. The monoisotopic (exact) mass is 254 g/mol. The number of hydrogen-bond acceptors (Lipinski definition) is 2. The molecule has 1 rings (SSSR count). The summed E-state index contributed by atoms with van der Waals surface area (Å²) < 4.78 is 0.993. The zero-order valence-electron chi connectivity index (χ0n) is 7.74. The van der Waals surface area contributed by atoms with Crippen molar-refractivity contribution in [1.82, 2.24) is 0 Å². The number of nitrogens with two attached hydrogens (primary N) is 2. The predicted octanol–water partition coefficient (Wildman–Crippen LogP) is 1.45. The van der Waals surface area contributed by atoms with Crippen LogP contribution in [0.5, 0.6) is 0 Å². The molecule has 74 valence electrons. The smallest absolute Gasteiger partial charge is 0.153 e. The molecule has 1 aromatic rings. The van der Waals surface area contributed by atoms with Gasteiger partial charge in [0, 0.05) is 10.0 Å². The maximum atomic E-state index is 5.67. The van der Waals surface area contributed by atoms with Crippen molar-refractivity contribution >= 4 is 27.6 Å². The van der Waals surface area contributed by atoms with E-state index in [2.05, 4.69) is 26.1 Å². The summed E-state index contributed by atoms with van der Waals surface area (Å²) in [5.74, 6) is 0.729. The van der Waals surface area contributed by atoms with Crippen molar-refractivity contribution in [3.63, 3.8) is 0 Å². The molecule has 0 atom stereocenters. The summed E-state index contributed by atoms with van der Waals surface area (Å²) >= 11 is 3.33. The SMILES string of the molecule is C/C(N)=N/N=C(\N)c1ccc(Br)cc1. The Hall–Kier alpha value is -1.36. The molecule has 0 aromatic heterocycles. The normalized spacial score (nSPS) is 13.0. The summed E-state index contributed by atoms with van der Waals surface area (Å²) in [5, 5.41) is 7.43. The summed E-state index contributed by atoms with van der Waals surface area (Å²) in [6, 6.07) is 7.47.